The van der Waals surface area contributed by atoms with Crippen LogP contribution in [0.4, 0.5) is 15.3 Å². The Hall–Kier alpha value is -6.55. The van der Waals surface area contributed by atoms with Gasteiger partial charge in [-0.05, 0) is 136 Å². The molecule has 28 heteroatoms. The second kappa shape index (κ2) is 45.6. The van der Waals surface area contributed by atoms with E-state index >= 15 is 0 Å². The van der Waals surface area contributed by atoms with E-state index in [0.717, 1.165) is 49.4 Å². The maximum Gasteiger partial charge on any atom is 0.410 e. The first-order chi connectivity index (χ1) is 50.6. The summed E-state index contributed by atoms with van der Waals surface area (Å²) < 4.78 is 17.7. The van der Waals surface area contributed by atoms with E-state index < -0.39 is 114 Å². The van der Waals surface area contributed by atoms with Crippen molar-refractivity contribution in [1.29, 1.82) is 0 Å². The number of halogens is 1. The van der Waals surface area contributed by atoms with Crippen molar-refractivity contribution < 1.29 is 72.1 Å². The number of rotatable bonds is 46. The van der Waals surface area contributed by atoms with Gasteiger partial charge in [0.1, 0.15) is 30.8 Å². The number of carbonyl (C=O) groups is 11. The van der Waals surface area contributed by atoms with Crippen molar-refractivity contribution in [3.8, 4) is 0 Å². The minimum absolute atomic E-state index is 0.0846. The Morgan fingerprint density at radius 1 is 0.757 bits per heavy atom. The van der Waals surface area contributed by atoms with Gasteiger partial charge in [0.05, 0.1) is 54.7 Å². The third-order valence-corrected chi connectivity index (χ3v) is 23.9. The number of anilines is 1. The highest BCUT2D eigenvalue weighted by molar-refractivity contribution is 14.1. The lowest BCUT2D eigenvalue weighted by atomic mass is 9.85. The predicted molar refractivity (Wildman–Crippen MR) is 427 cm³/mol. The molecule has 2 fully saturated rings. The number of alkyl halides is 1. The van der Waals surface area contributed by atoms with Crippen molar-refractivity contribution in [2.75, 3.05) is 59.4 Å². The van der Waals surface area contributed by atoms with E-state index in [1.807, 2.05) is 52.8 Å². The topological polar surface area (TPSA) is 347 Å². The Morgan fingerprint density at radius 2 is 1.42 bits per heavy atom. The van der Waals surface area contributed by atoms with E-state index in [2.05, 4.69) is 83.6 Å². The Kier molecular flexibility index (Phi) is 39.5. The van der Waals surface area contributed by atoms with E-state index in [4.69, 9.17) is 19.9 Å². The van der Waals surface area contributed by atoms with Crippen LogP contribution in [0.3, 0.4) is 0 Å². The number of amides is 12. The highest BCUT2D eigenvalue weighted by Gasteiger charge is 2.49. The average molecular weight is 1630 g/mol. The van der Waals surface area contributed by atoms with Gasteiger partial charge in [-0.3, -0.25) is 53.0 Å². The lowest BCUT2D eigenvalue weighted by molar-refractivity contribution is -0.148. The molecule has 6 unspecified atom stereocenters. The minimum atomic E-state index is -1.12. The van der Waals surface area contributed by atoms with Crippen LogP contribution >= 0.6 is 31.8 Å². The van der Waals surface area contributed by atoms with E-state index in [-0.39, 0.29) is 103 Å². The van der Waals surface area contributed by atoms with Crippen LogP contribution in [0.2, 0.25) is 0 Å². The van der Waals surface area contributed by atoms with Crippen LogP contribution in [0, 0.1) is 35.5 Å². The molecule has 0 radical (unpaired) electrons. The summed E-state index contributed by atoms with van der Waals surface area (Å²) in [6, 6.07) is 7.59. The molecule has 0 saturated carbocycles. The number of benzene rings is 2. The van der Waals surface area contributed by atoms with Gasteiger partial charge in [0, 0.05) is 69.9 Å². The number of carbonyl (C=O) groups excluding carboxylic acids is 11. The number of nitrogens with zero attached hydrogens (tertiary/aromatic N) is 4. The predicted octanol–water partition coefficient (Wildman–Crippen LogP) is 9.67. The van der Waals surface area contributed by atoms with E-state index in [0.29, 0.717) is 62.2 Å². The van der Waals surface area contributed by atoms with Crippen LogP contribution in [0.1, 0.15) is 221 Å². The number of unbranched alkanes of at least 4 members (excludes halogenated alkanes) is 2. The van der Waals surface area contributed by atoms with Crippen molar-refractivity contribution in [2.45, 2.75) is 269 Å². The van der Waals surface area contributed by atoms with E-state index in [9.17, 15) is 57.8 Å². The summed E-state index contributed by atoms with van der Waals surface area (Å²) in [7, 11) is 8.90. The second-order valence-corrected chi connectivity index (χ2v) is 33.1. The highest BCUT2D eigenvalue weighted by atomic mass is 127. The first-order valence-corrected chi connectivity index (χ1v) is 40.7. The molecule has 2 heterocycles. The van der Waals surface area contributed by atoms with Gasteiger partial charge in [-0.2, -0.15) is 0 Å². The summed E-state index contributed by atoms with van der Waals surface area (Å²) in [6.07, 6.45) is 6.22. The quantitative estimate of drug-likeness (QED) is 0.0100. The summed E-state index contributed by atoms with van der Waals surface area (Å²) in [5, 5.41) is 28.4. The Balaban J connectivity index is 1.37. The van der Waals surface area contributed by atoms with Gasteiger partial charge < -0.3 is 66.8 Å². The Bertz CT molecular complexity index is 3240. The summed E-state index contributed by atoms with van der Waals surface area (Å²) in [6.45, 7) is 25.1. The number of methoxy groups -OCH3 is 2. The molecular weight excluding hydrogens is 1500 g/mol. The van der Waals surface area contributed by atoms with Crippen molar-refractivity contribution in [1.82, 2.24) is 46.2 Å². The fourth-order valence-corrected chi connectivity index (χ4v) is 16.3. The van der Waals surface area contributed by atoms with Crippen LogP contribution in [0.15, 0.2) is 48.5 Å². The molecule has 602 valence electrons. The average Bonchev–Trinajstić information content (AvgIpc) is 1.70. The molecular formula is C79H129IN11O15P. The molecule has 12 amide bonds. The molecule has 0 spiro atoms. The zero-order valence-corrected chi connectivity index (χ0v) is 70.1. The molecule has 2 aromatic carbocycles. The molecule has 16 atom stereocenters. The molecule has 0 aromatic heterocycles. The zero-order valence-electron chi connectivity index (χ0n) is 66.8. The van der Waals surface area contributed by atoms with Gasteiger partial charge >= 0.3 is 12.1 Å². The van der Waals surface area contributed by atoms with Crippen LogP contribution in [-0.2, 0) is 64.0 Å². The van der Waals surface area contributed by atoms with E-state index in [1.54, 1.807) is 82.7 Å². The molecule has 2 aliphatic rings. The van der Waals surface area contributed by atoms with Crippen LogP contribution in [0.25, 0.3) is 0 Å². The van der Waals surface area contributed by atoms with Crippen LogP contribution in [0.5, 0.6) is 0 Å². The molecule has 4 rings (SSSR count). The number of aliphatic hydroxyl groups is 1. The monoisotopic (exact) mass is 1630 g/mol. The zero-order chi connectivity index (χ0) is 80.2. The first-order valence-electron chi connectivity index (χ1n) is 38.8. The van der Waals surface area contributed by atoms with Gasteiger partial charge in [-0.25, -0.2) is 9.59 Å². The summed E-state index contributed by atoms with van der Waals surface area (Å²) >= 11 is 2.35. The number of imide groups is 1. The molecule has 0 aliphatic carbocycles. The standard InChI is InChI=1S/C79H129IN11O15P/c1-18-38-79(80,21-4)58-44-63(93)91(75(58)100)40-24-22-23-32-62(92)86-65(47(5)6)73(98)85-59(30-26-39-82-77(81)102)72(97)84-57-35-33-53(34-36-57)46-106-78(103)89(15)67(49(9)10)74(99)87-66(48(7)8)76(101)88(14)68(50(11)19-2)61(104-16)45-64(94)90-41-27-31-60(90)70(105-17)51(12)71(96)83-52(13)69(95)56-29-25-28-55(43-56)54(20-3)37-42-107/h25,28-29,33-36,43,47-52,54,58-61,65-70,95H,18-24,26-27,30-32,37-42,44-46,107H2,1-17H3,(H,83,96)(H,84,97)(H,85,98)(H,86,92)(H,87,99)(H3,81,82,102)/t50-,51+,52+,54?,58?,59-,60-,61+,65?,66-,67-,68?,69+,70+,79?/m0/s1. The summed E-state index contributed by atoms with van der Waals surface area (Å²) in [5.74, 6) is -5.54. The highest BCUT2D eigenvalue weighted by Crippen LogP contribution is 2.43. The smallest absolute Gasteiger partial charge is 0.410 e. The van der Waals surface area contributed by atoms with Gasteiger partial charge in [-0.1, -0.05) is 161 Å². The van der Waals surface area contributed by atoms with Gasteiger partial charge in [0.25, 0.3) is 0 Å². The minimum Gasteiger partial charge on any atom is -0.445 e. The second-order valence-electron chi connectivity index (χ2n) is 30.3. The molecule has 26 nitrogen and oxygen atoms in total. The van der Waals surface area contributed by atoms with Crippen LogP contribution < -0.4 is 37.6 Å². The molecule has 0 bridgehead atoms. The third-order valence-electron chi connectivity index (χ3n) is 21.5. The SMILES string of the molecule is CCCC(I)(CC)C1CC(=O)N(CCCCCC(=O)NC(C(=O)N[C@@H](CCCNC(N)=O)C(=O)Nc2ccc(COC(=O)N(C)[C@H](C(=O)N[C@H](C(=O)N(C)C([C@@H](C)CC)[C@@H](CC(=O)N3CCC[C@H]3[C@H](OC)[C@@H](C)C(=O)N[C@H](C)[C@@H](O)c3cccc(C(CC)CCP)c3)OC)C(C)C)C(C)C)cc2)C(C)C)C1=O. The number of likely N-dealkylation sites (N-methyl/N-ethyl adjacent to an activating group) is 2. The maximum atomic E-state index is 14.9. The van der Waals surface area contributed by atoms with Gasteiger partial charge in [0.2, 0.25) is 53.2 Å². The number of nitrogens with two attached hydrogens (primary N) is 1. The van der Waals surface area contributed by atoms with E-state index in [1.165, 1.54) is 31.1 Å². The molecule has 2 aliphatic heterocycles. The number of aliphatic hydroxyl groups excluding tert-OH is 1. The van der Waals surface area contributed by atoms with Crippen molar-refractivity contribution in [3.63, 3.8) is 0 Å². The number of nitrogens with one attached hydrogen (secondary N) is 6. The van der Waals surface area contributed by atoms with Crippen molar-refractivity contribution in [2.24, 2.45) is 41.2 Å². The third kappa shape index (κ3) is 26.9. The number of primary amides is 1. The molecule has 2 aromatic rings. The number of hydrogen-bond donors (Lipinski definition) is 8. The molecule has 107 heavy (non-hydrogen) atoms. The van der Waals surface area contributed by atoms with Crippen molar-refractivity contribution >= 4 is 103 Å². The number of ether oxygens (including phenoxy) is 3. The fraction of sp³-hybridized carbons (Fsp3) is 0.709. The Morgan fingerprint density at radius 3 is 2.00 bits per heavy atom. The summed E-state index contributed by atoms with van der Waals surface area (Å²) in [4.78, 5) is 157. The van der Waals surface area contributed by atoms with Crippen LogP contribution in [-0.4, -0.2) is 202 Å². The molecule has 9 N–H and O–H groups in total. The number of likely N-dealkylation sites (tertiary alicyclic amines) is 2. The Labute approximate surface area is 652 Å². The fourth-order valence-electron chi connectivity index (χ4n) is 14.9. The van der Waals surface area contributed by atoms with Crippen molar-refractivity contribution in [3.05, 3.63) is 65.2 Å². The first kappa shape index (κ1) is 92.8. The maximum absolute atomic E-state index is 14.9. The summed E-state index contributed by atoms with van der Waals surface area (Å²) in [5.41, 5.74) is 8.02. The lowest BCUT2D eigenvalue weighted by Gasteiger charge is -2.41. The van der Waals surface area contributed by atoms with Gasteiger partial charge in [0.15, 0.2) is 0 Å². The molecule has 2 saturated heterocycles. The largest absolute Gasteiger partial charge is 0.445 e. The normalized spacial score (nSPS) is 18.5. The van der Waals surface area contributed by atoms with Gasteiger partial charge in [-0.15, -0.1) is 9.24 Å². The number of urea groups is 1. The number of hydrogen-bond acceptors (Lipinski definition) is 15. The lowest BCUT2D eigenvalue weighted by Crippen LogP contribution is -2.60.